The third kappa shape index (κ3) is 4.55. The molecule has 3 N–H and O–H groups in total. The van der Waals surface area contributed by atoms with Crippen LogP contribution in [0.1, 0.15) is 13.8 Å². The molecule has 21 heavy (non-hydrogen) atoms. The third-order valence-electron chi connectivity index (χ3n) is 2.49. The summed E-state index contributed by atoms with van der Waals surface area (Å²) >= 11 is 0. The van der Waals surface area contributed by atoms with Crippen molar-refractivity contribution in [2.45, 2.75) is 26.2 Å². The molecule has 0 atom stereocenters. The van der Waals surface area contributed by atoms with E-state index >= 15 is 0 Å². The number of rotatable bonds is 8. The van der Waals surface area contributed by atoms with E-state index in [-0.39, 0.29) is 11.9 Å². The van der Waals surface area contributed by atoms with Crippen molar-refractivity contribution in [2.75, 3.05) is 30.0 Å². The fraction of sp³-hybridized carbons (Fsp3) is 0.700. The zero-order chi connectivity index (χ0) is 16.0. The predicted molar refractivity (Wildman–Crippen MR) is 67.6 cm³/mol. The molecule has 0 aliphatic rings. The first-order valence-electron chi connectivity index (χ1n) is 6.10. The summed E-state index contributed by atoms with van der Waals surface area (Å²) in [5.41, 5.74) is 2.13. The molecule has 1 rings (SSSR count). The number of anilines is 2. The second-order valence-corrected chi connectivity index (χ2v) is 3.91. The van der Waals surface area contributed by atoms with Crippen LogP contribution >= 0.6 is 0 Å². The minimum Gasteiger partial charge on any atom is -0.457 e. The summed E-state index contributed by atoms with van der Waals surface area (Å²) < 4.78 is 54.3. The number of nitrogens with zero attached hydrogens (tertiary/aromatic N) is 4. The molecule has 11 heteroatoms. The molecule has 0 spiro atoms. The number of hydrogen-bond donors (Lipinski definition) is 2. The van der Waals surface area contributed by atoms with E-state index in [9.17, 15) is 17.6 Å². The van der Waals surface area contributed by atoms with Gasteiger partial charge in [-0.1, -0.05) is 0 Å². The number of hydrogen-bond acceptors (Lipinski definition) is 7. The maximum absolute atomic E-state index is 12.8. The first-order chi connectivity index (χ1) is 9.83. The third-order valence-corrected chi connectivity index (χ3v) is 2.49. The second-order valence-electron chi connectivity index (χ2n) is 3.91. The van der Waals surface area contributed by atoms with Gasteiger partial charge in [-0.15, -0.1) is 0 Å². The summed E-state index contributed by atoms with van der Waals surface area (Å²) in [4.78, 5) is 13.0. The highest BCUT2D eigenvalue weighted by Crippen LogP contribution is 2.24. The lowest BCUT2D eigenvalue weighted by atomic mass is 10.4. The van der Waals surface area contributed by atoms with Gasteiger partial charge in [0.05, 0.1) is 0 Å². The van der Waals surface area contributed by atoms with Crippen molar-refractivity contribution in [2.24, 2.45) is 5.84 Å². The van der Waals surface area contributed by atoms with Crippen molar-refractivity contribution in [3.63, 3.8) is 0 Å². The zero-order valence-electron chi connectivity index (χ0n) is 11.5. The fourth-order valence-electron chi connectivity index (χ4n) is 1.35. The van der Waals surface area contributed by atoms with Crippen molar-refractivity contribution in [3.8, 4) is 6.01 Å². The lowest BCUT2D eigenvalue weighted by Gasteiger charge is -2.20. The molecule has 0 saturated heterocycles. The Kier molecular flexibility index (Phi) is 5.88. The standard InChI is InChI=1S/C10H16F4N6O/c1-3-20(4-2)8-16-7(19-15)17-9(18-8)21-5-10(13,14)6(11)12/h6H,3-5,15H2,1-2H3,(H,16,17,18,19). The number of halogens is 4. The van der Waals surface area contributed by atoms with Crippen molar-refractivity contribution >= 4 is 11.9 Å². The van der Waals surface area contributed by atoms with E-state index in [1.807, 2.05) is 13.8 Å². The Morgan fingerprint density at radius 1 is 1.24 bits per heavy atom. The van der Waals surface area contributed by atoms with Crippen LogP contribution in [0.5, 0.6) is 6.01 Å². The van der Waals surface area contributed by atoms with Gasteiger partial charge in [-0.2, -0.15) is 23.7 Å². The van der Waals surface area contributed by atoms with Crippen LogP contribution < -0.4 is 20.9 Å². The number of hydrazine groups is 1. The van der Waals surface area contributed by atoms with Gasteiger partial charge in [-0.25, -0.2) is 14.6 Å². The quantitative estimate of drug-likeness (QED) is 0.424. The van der Waals surface area contributed by atoms with Crippen LogP contribution in [0.15, 0.2) is 0 Å². The van der Waals surface area contributed by atoms with Gasteiger partial charge in [0.2, 0.25) is 11.9 Å². The summed E-state index contributed by atoms with van der Waals surface area (Å²) in [6.45, 7) is 3.19. The Labute approximate surface area is 118 Å². The second kappa shape index (κ2) is 7.20. The van der Waals surface area contributed by atoms with Crippen molar-refractivity contribution < 1.29 is 22.3 Å². The van der Waals surface area contributed by atoms with Crippen LogP contribution in [-0.2, 0) is 0 Å². The van der Waals surface area contributed by atoms with E-state index in [4.69, 9.17) is 5.84 Å². The Balaban J connectivity index is 2.94. The number of ether oxygens (including phenoxy) is 1. The fourth-order valence-corrected chi connectivity index (χ4v) is 1.35. The first-order valence-corrected chi connectivity index (χ1v) is 6.10. The molecule has 0 bridgehead atoms. The highest BCUT2D eigenvalue weighted by Gasteiger charge is 2.42. The largest absolute Gasteiger partial charge is 0.457 e. The minimum atomic E-state index is -4.29. The number of nitrogens with one attached hydrogen (secondary N) is 1. The molecule has 7 nitrogen and oxygen atoms in total. The van der Waals surface area contributed by atoms with Gasteiger partial charge in [-0.05, 0) is 13.8 Å². The molecule has 120 valence electrons. The average Bonchev–Trinajstić information content (AvgIpc) is 2.46. The summed E-state index contributed by atoms with van der Waals surface area (Å²) in [6.07, 6.45) is -3.84. The molecule has 0 saturated carbocycles. The molecule has 0 aliphatic carbocycles. The molecule has 0 fully saturated rings. The topological polar surface area (TPSA) is 89.2 Å². The monoisotopic (exact) mass is 312 g/mol. The lowest BCUT2D eigenvalue weighted by molar-refractivity contribution is -0.149. The predicted octanol–water partition coefficient (Wildman–Crippen LogP) is 1.28. The van der Waals surface area contributed by atoms with Crippen LogP contribution in [-0.4, -0.2) is 47.0 Å². The molecule has 0 aliphatic heterocycles. The first kappa shape index (κ1) is 17.1. The number of aromatic nitrogens is 3. The van der Waals surface area contributed by atoms with E-state index in [1.54, 1.807) is 4.90 Å². The summed E-state index contributed by atoms with van der Waals surface area (Å²) in [6, 6.07) is -0.514. The molecule has 1 aromatic rings. The molecular formula is C10H16F4N6O. The maximum Gasteiger partial charge on any atom is 0.340 e. The van der Waals surface area contributed by atoms with Gasteiger partial charge in [-0.3, -0.25) is 5.43 Å². The Hall–Kier alpha value is -1.91. The van der Waals surface area contributed by atoms with Gasteiger partial charge >= 0.3 is 18.4 Å². The highest BCUT2D eigenvalue weighted by atomic mass is 19.3. The zero-order valence-corrected chi connectivity index (χ0v) is 11.5. The van der Waals surface area contributed by atoms with Crippen LogP contribution in [0.25, 0.3) is 0 Å². The molecule has 0 radical (unpaired) electrons. The Bertz CT molecular complexity index is 457. The number of nitrogens with two attached hydrogens (primary N) is 1. The SMILES string of the molecule is CCN(CC)c1nc(NN)nc(OCC(F)(F)C(F)F)n1. The van der Waals surface area contributed by atoms with Crippen LogP contribution in [0.3, 0.4) is 0 Å². The maximum atomic E-state index is 12.8. The van der Waals surface area contributed by atoms with E-state index in [1.165, 1.54) is 0 Å². The molecule has 0 unspecified atom stereocenters. The molecule has 0 aromatic carbocycles. The normalized spacial score (nSPS) is 11.6. The van der Waals surface area contributed by atoms with Gasteiger partial charge in [0.25, 0.3) is 0 Å². The van der Waals surface area contributed by atoms with E-state index in [0.29, 0.717) is 13.1 Å². The van der Waals surface area contributed by atoms with Crippen LogP contribution in [0, 0.1) is 0 Å². The summed E-state index contributed by atoms with van der Waals surface area (Å²) in [5, 5.41) is 0. The van der Waals surface area contributed by atoms with Crippen LogP contribution in [0.4, 0.5) is 29.5 Å². The summed E-state index contributed by atoms with van der Waals surface area (Å²) in [7, 11) is 0. The highest BCUT2D eigenvalue weighted by molar-refractivity contribution is 5.37. The van der Waals surface area contributed by atoms with Gasteiger partial charge in [0, 0.05) is 13.1 Å². The van der Waals surface area contributed by atoms with E-state index in [2.05, 4.69) is 25.1 Å². The van der Waals surface area contributed by atoms with Crippen molar-refractivity contribution in [3.05, 3.63) is 0 Å². The van der Waals surface area contributed by atoms with Gasteiger partial charge < -0.3 is 9.64 Å². The van der Waals surface area contributed by atoms with Crippen LogP contribution in [0.2, 0.25) is 0 Å². The smallest absolute Gasteiger partial charge is 0.340 e. The summed E-state index contributed by atoms with van der Waals surface area (Å²) in [5.74, 6) is 0.877. The number of alkyl halides is 4. The van der Waals surface area contributed by atoms with Crippen molar-refractivity contribution in [1.29, 1.82) is 0 Å². The van der Waals surface area contributed by atoms with Crippen molar-refractivity contribution in [1.82, 2.24) is 15.0 Å². The number of nitrogen functional groups attached to an aromatic ring is 1. The average molecular weight is 312 g/mol. The molecule has 1 aromatic heterocycles. The molecule has 0 amide bonds. The Morgan fingerprint density at radius 2 is 1.86 bits per heavy atom. The molecular weight excluding hydrogens is 296 g/mol. The molecule has 1 heterocycles. The van der Waals surface area contributed by atoms with E-state index < -0.39 is 25.0 Å². The minimum absolute atomic E-state index is 0.123. The van der Waals surface area contributed by atoms with Gasteiger partial charge in [0.1, 0.15) is 0 Å². The Morgan fingerprint density at radius 3 is 2.33 bits per heavy atom. The van der Waals surface area contributed by atoms with E-state index in [0.717, 1.165) is 0 Å². The lowest BCUT2D eigenvalue weighted by Crippen LogP contribution is -2.34. The van der Waals surface area contributed by atoms with Gasteiger partial charge in [0.15, 0.2) is 6.61 Å².